The van der Waals surface area contributed by atoms with Crippen molar-refractivity contribution < 1.29 is 79.4 Å². The van der Waals surface area contributed by atoms with E-state index in [9.17, 15) is 40.3 Å². The number of ketones is 2. The fraction of sp³-hybridized carbons (Fsp3) is 0.0571. The van der Waals surface area contributed by atoms with Gasteiger partial charge in [0.05, 0.1) is 25.6 Å². The Morgan fingerprint density at radius 2 is 1.00 bits per heavy atom. The number of hydrazone groups is 2. The fourth-order valence-corrected chi connectivity index (χ4v) is 6.75. The molecule has 0 spiro atoms. The smallest absolute Gasteiger partial charge is 0.495 e. The summed E-state index contributed by atoms with van der Waals surface area (Å²) in [6.07, 6.45) is 2.06. The molecular formula is C35H28N6NaO11S2+. The number of anilines is 4. The molecule has 17 nitrogen and oxygen atoms in total. The number of ether oxygens (including phenoxy) is 2. The molecule has 0 bridgehead atoms. The second kappa shape index (κ2) is 16.4. The number of amides is 2. The Hall–Kier alpha value is -5.67. The van der Waals surface area contributed by atoms with Crippen LogP contribution in [-0.2, 0) is 20.2 Å². The molecule has 2 amide bonds. The van der Waals surface area contributed by atoms with Crippen molar-refractivity contribution in [3.8, 4) is 11.5 Å². The zero-order valence-electron chi connectivity index (χ0n) is 29.0. The zero-order chi connectivity index (χ0) is 38.8. The molecule has 20 heteroatoms. The van der Waals surface area contributed by atoms with Crippen LogP contribution in [0, 0.1) is 0 Å². The largest absolute Gasteiger partial charge is 1.00 e. The minimum Gasteiger partial charge on any atom is -0.495 e. The predicted octanol–water partition coefficient (Wildman–Crippen LogP) is 2.14. The summed E-state index contributed by atoms with van der Waals surface area (Å²) in [6.45, 7) is 0. The molecule has 4 aromatic rings. The Bertz CT molecular complexity index is 2430. The van der Waals surface area contributed by atoms with Crippen molar-refractivity contribution in [3.05, 3.63) is 117 Å². The fourth-order valence-electron chi connectivity index (χ4n) is 5.44. The standard InChI is InChI=1S/C35H28N6O11S2.Na/c1-51-27-9-5-3-7-25(27)38-40-31-29(53(45,46)47)17-19-15-21(11-13-23(19)33(31)42)36-35(44)37-22-12-14-24-20(16-22)18-30(54(48,49)50)32(34(24)43)41-39-26-8-4-6-10-28(26)52-2;/h3-18,38-39H,1-2H3,(H2,36,37,44)(H,45,46,47)(H,48,49,50);/q;+1/b40-31+,41-32+;. The molecule has 0 unspecified atom stereocenters. The van der Waals surface area contributed by atoms with E-state index in [0.29, 0.717) is 22.9 Å². The van der Waals surface area contributed by atoms with Gasteiger partial charge in [0.25, 0.3) is 20.2 Å². The SMILES string of the molecule is COc1ccccc1N/N=C1/C(=O)c2ccc(NC(=O)Nc3ccc4c(c3)C=C(S(=O)(=O)O)/C(=N\Nc3ccccc3OC)C4=O)cc2C=C1S(=O)(=O)O.[Na+]. The maximum absolute atomic E-state index is 13.4. The van der Waals surface area contributed by atoms with Crippen LogP contribution < -0.4 is 60.5 Å². The van der Waals surface area contributed by atoms with Crippen LogP contribution in [0.2, 0.25) is 0 Å². The molecule has 0 atom stereocenters. The van der Waals surface area contributed by atoms with Gasteiger partial charge < -0.3 is 20.1 Å². The number of benzene rings is 4. The van der Waals surface area contributed by atoms with Crippen molar-refractivity contribution in [1.82, 2.24) is 0 Å². The molecule has 6 rings (SSSR count). The number of nitrogens with one attached hydrogen (secondary N) is 4. The second-order valence-electron chi connectivity index (χ2n) is 11.4. The summed E-state index contributed by atoms with van der Waals surface area (Å²) in [7, 11) is -7.08. The third-order valence-electron chi connectivity index (χ3n) is 7.92. The number of urea groups is 1. The van der Waals surface area contributed by atoms with Crippen molar-refractivity contribution in [2.45, 2.75) is 0 Å². The average molecular weight is 796 g/mol. The van der Waals surface area contributed by atoms with Gasteiger partial charge in [-0.2, -0.15) is 27.0 Å². The van der Waals surface area contributed by atoms with Gasteiger partial charge in [-0.15, -0.1) is 0 Å². The number of carbonyl (C=O) groups excluding carboxylic acids is 3. The molecule has 6 N–H and O–H groups in total. The van der Waals surface area contributed by atoms with Crippen LogP contribution in [0.5, 0.6) is 11.5 Å². The number of Topliss-reactive ketones (excluding diaryl/α,β-unsaturated/α-hetero) is 2. The molecule has 0 aliphatic heterocycles. The minimum absolute atomic E-state index is 0. The van der Waals surface area contributed by atoms with Crippen LogP contribution in [-0.4, -0.2) is 69.2 Å². The number of hydrogen-bond acceptors (Lipinski definition) is 13. The van der Waals surface area contributed by atoms with E-state index in [2.05, 4.69) is 31.7 Å². The zero-order valence-corrected chi connectivity index (χ0v) is 32.7. The van der Waals surface area contributed by atoms with E-state index in [-0.39, 0.29) is 63.2 Å². The maximum atomic E-state index is 13.4. The van der Waals surface area contributed by atoms with E-state index in [1.165, 1.54) is 50.6 Å². The number of allylic oxidation sites excluding steroid dienone is 2. The normalized spacial score (nSPS) is 15.1. The molecule has 2 aliphatic carbocycles. The summed E-state index contributed by atoms with van der Waals surface area (Å²) < 4.78 is 79.6. The first kappa shape index (κ1) is 40.5. The van der Waals surface area contributed by atoms with Gasteiger partial charge in [0, 0.05) is 22.5 Å². The van der Waals surface area contributed by atoms with Crippen LogP contribution in [0.1, 0.15) is 31.8 Å². The van der Waals surface area contributed by atoms with Gasteiger partial charge in [-0.05, 0) is 83.9 Å². The van der Waals surface area contributed by atoms with Gasteiger partial charge in [0.1, 0.15) is 21.3 Å². The number of fused-ring (bicyclic) bond motifs is 2. The summed E-state index contributed by atoms with van der Waals surface area (Å²) in [6, 6.07) is 20.3. The van der Waals surface area contributed by atoms with E-state index < -0.39 is 59.1 Å². The molecule has 55 heavy (non-hydrogen) atoms. The summed E-state index contributed by atoms with van der Waals surface area (Å²) in [5.41, 5.74) is 5.03. The molecule has 0 aromatic heterocycles. The van der Waals surface area contributed by atoms with E-state index in [0.717, 1.165) is 12.2 Å². The first-order chi connectivity index (χ1) is 25.7. The van der Waals surface area contributed by atoms with Crippen molar-refractivity contribution in [3.63, 3.8) is 0 Å². The predicted molar refractivity (Wildman–Crippen MR) is 201 cm³/mol. The molecule has 0 saturated heterocycles. The Morgan fingerprint density at radius 1 is 0.618 bits per heavy atom. The van der Waals surface area contributed by atoms with E-state index in [1.54, 1.807) is 48.5 Å². The van der Waals surface area contributed by atoms with Crippen molar-refractivity contribution in [2.75, 3.05) is 35.7 Å². The third-order valence-corrected chi connectivity index (χ3v) is 9.66. The van der Waals surface area contributed by atoms with Gasteiger partial charge in [-0.3, -0.25) is 29.5 Å². The number of para-hydroxylation sites is 4. The molecule has 4 aromatic carbocycles. The number of carbonyl (C=O) groups is 3. The van der Waals surface area contributed by atoms with Crippen LogP contribution in [0.15, 0.2) is 105 Å². The van der Waals surface area contributed by atoms with Crippen molar-refractivity contribution in [1.29, 1.82) is 0 Å². The Kier molecular flexibility index (Phi) is 12.1. The molecule has 276 valence electrons. The molecule has 0 heterocycles. The summed E-state index contributed by atoms with van der Waals surface area (Å²) >= 11 is 0. The Morgan fingerprint density at radius 3 is 1.36 bits per heavy atom. The number of rotatable bonds is 10. The Balaban J connectivity index is 0.00000580. The van der Waals surface area contributed by atoms with E-state index >= 15 is 0 Å². The minimum atomic E-state index is -4.95. The molecule has 0 fully saturated rings. The monoisotopic (exact) mass is 795 g/mol. The van der Waals surface area contributed by atoms with Crippen LogP contribution in [0.25, 0.3) is 12.2 Å². The molecule has 0 saturated carbocycles. The summed E-state index contributed by atoms with van der Waals surface area (Å²) in [4.78, 5) is 38.2. The number of methoxy groups -OCH3 is 2. The summed E-state index contributed by atoms with van der Waals surface area (Å²) in [5.74, 6) is -0.943. The van der Waals surface area contributed by atoms with Gasteiger partial charge >= 0.3 is 35.6 Å². The topological polar surface area (TPSA) is 251 Å². The Labute approximate surface area is 336 Å². The molecular weight excluding hydrogens is 768 g/mol. The average Bonchev–Trinajstić information content (AvgIpc) is 3.13. The first-order valence-electron chi connectivity index (χ1n) is 15.5. The maximum Gasteiger partial charge on any atom is 1.00 e. The number of nitrogens with zero attached hydrogens (tertiary/aromatic N) is 2. The number of hydrogen-bond donors (Lipinski definition) is 6. The van der Waals surface area contributed by atoms with E-state index in [1.807, 2.05) is 0 Å². The van der Waals surface area contributed by atoms with Gasteiger partial charge in [-0.25, -0.2) is 4.79 Å². The van der Waals surface area contributed by atoms with E-state index in [4.69, 9.17) is 9.47 Å². The summed E-state index contributed by atoms with van der Waals surface area (Å²) in [5, 5.41) is 13.0. The first-order valence-corrected chi connectivity index (χ1v) is 18.3. The van der Waals surface area contributed by atoms with Crippen molar-refractivity contribution >= 4 is 84.2 Å². The third kappa shape index (κ3) is 8.84. The quantitative estimate of drug-likeness (QED) is 0.0766. The van der Waals surface area contributed by atoms with Crippen LogP contribution in [0.4, 0.5) is 27.5 Å². The van der Waals surface area contributed by atoms with Crippen molar-refractivity contribution in [2.24, 2.45) is 10.2 Å². The second-order valence-corrected chi connectivity index (χ2v) is 14.1. The van der Waals surface area contributed by atoms with Crippen LogP contribution in [0.3, 0.4) is 0 Å². The van der Waals surface area contributed by atoms with Crippen LogP contribution >= 0.6 is 0 Å². The van der Waals surface area contributed by atoms with Gasteiger partial charge in [0.15, 0.2) is 11.4 Å². The molecule has 0 radical (unpaired) electrons. The van der Waals surface area contributed by atoms with Gasteiger partial charge in [-0.1, -0.05) is 24.3 Å². The van der Waals surface area contributed by atoms with Gasteiger partial charge in [0.2, 0.25) is 11.6 Å². The molecule has 2 aliphatic rings.